The van der Waals surface area contributed by atoms with Gasteiger partial charge in [-0.1, -0.05) is 51.3 Å². The third-order valence-corrected chi connectivity index (χ3v) is 5.23. The van der Waals surface area contributed by atoms with Crippen LogP contribution in [-0.2, 0) is 11.2 Å². The fourth-order valence-electron chi connectivity index (χ4n) is 3.67. The van der Waals surface area contributed by atoms with Crippen LogP contribution >= 0.6 is 12.4 Å². The maximum Gasteiger partial charge on any atom is 0.226 e. The normalized spacial score (nSPS) is 16.6. The Bertz CT molecular complexity index is 542. The first-order chi connectivity index (χ1) is 11.5. The lowest BCUT2D eigenvalue weighted by Gasteiger charge is -2.33. The molecule has 0 aromatic heterocycles. The largest absolute Gasteiger partial charge is 0.496 e. The maximum absolute atomic E-state index is 12.9. The SMILES string of the molecule is COc1ccccc1CC(C)(C)C(=O)NC(CN)C1CCCCC1.Cl. The summed E-state index contributed by atoms with van der Waals surface area (Å²) in [5.41, 5.74) is 6.51. The van der Waals surface area contributed by atoms with E-state index in [2.05, 4.69) is 5.32 Å². The van der Waals surface area contributed by atoms with Crippen LogP contribution < -0.4 is 15.8 Å². The van der Waals surface area contributed by atoms with Crippen molar-refractivity contribution in [1.82, 2.24) is 5.32 Å². The molecular weight excluding hydrogens is 336 g/mol. The zero-order valence-corrected chi connectivity index (χ0v) is 16.5. The van der Waals surface area contributed by atoms with E-state index in [-0.39, 0.29) is 24.4 Å². The van der Waals surface area contributed by atoms with Crippen molar-refractivity contribution in [3.8, 4) is 5.75 Å². The summed E-state index contributed by atoms with van der Waals surface area (Å²) in [6, 6.07) is 7.98. The van der Waals surface area contributed by atoms with E-state index in [1.807, 2.05) is 38.1 Å². The van der Waals surface area contributed by atoms with Crippen LogP contribution in [0.15, 0.2) is 24.3 Å². The standard InChI is InChI=1S/C20H32N2O2.ClH/c1-20(2,13-16-11-7-8-12-18(16)24-3)19(23)22-17(14-21)15-9-5-4-6-10-15;/h7-8,11-12,15,17H,4-6,9-10,13-14,21H2,1-3H3,(H,22,23);1H. The van der Waals surface area contributed by atoms with E-state index >= 15 is 0 Å². The van der Waals surface area contributed by atoms with Gasteiger partial charge >= 0.3 is 0 Å². The Hall–Kier alpha value is -1.26. The van der Waals surface area contributed by atoms with E-state index < -0.39 is 5.41 Å². The highest BCUT2D eigenvalue weighted by Gasteiger charge is 2.32. The van der Waals surface area contributed by atoms with Crippen molar-refractivity contribution in [3.05, 3.63) is 29.8 Å². The van der Waals surface area contributed by atoms with Gasteiger partial charge in [-0.3, -0.25) is 4.79 Å². The average Bonchev–Trinajstić information content (AvgIpc) is 2.60. The van der Waals surface area contributed by atoms with Gasteiger partial charge in [0.1, 0.15) is 5.75 Å². The highest BCUT2D eigenvalue weighted by atomic mass is 35.5. The molecular formula is C20H33ClN2O2. The number of nitrogens with one attached hydrogen (secondary N) is 1. The predicted octanol–water partition coefficient (Wildman–Crippen LogP) is 3.71. The van der Waals surface area contributed by atoms with Gasteiger partial charge in [-0.05, 0) is 36.8 Å². The summed E-state index contributed by atoms with van der Waals surface area (Å²) in [6.45, 7) is 4.49. The van der Waals surface area contributed by atoms with Gasteiger partial charge in [-0.15, -0.1) is 12.4 Å². The van der Waals surface area contributed by atoms with Crippen LogP contribution in [0.25, 0.3) is 0 Å². The number of carbonyl (C=O) groups is 1. The van der Waals surface area contributed by atoms with Crippen LogP contribution in [0, 0.1) is 11.3 Å². The summed E-state index contributed by atoms with van der Waals surface area (Å²) >= 11 is 0. The second-order valence-electron chi connectivity index (χ2n) is 7.59. The van der Waals surface area contributed by atoms with Gasteiger partial charge in [0, 0.05) is 18.0 Å². The zero-order valence-electron chi connectivity index (χ0n) is 15.7. The Morgan fingerprint density at radius 1 is 1.28 bits per heavy atom. The molecule has 1 aromatic rings. The summed E-state index contributed by atoms with van der Waals surface area (Å²) in [5.74, 6) is 1.44. The molecule has 0 radical (unpaired) electrons. The summed E-state index contributed by atoms with van der Waals surface area (Å²) < 4.78 is 5.42. The van der Waals surface area contributed by atoms with Gasteiger partial charge in [0.15, 0.2) is 0 Å². The van der Waals surface area contributed by atoms with Crippen LogP contribution in [0.1, 0.15) is 51.5 Å². The quantitative estimate of drug-likeness (QED) is 0.771. The van der Waals surface area contributed by atoms with E-state index in [1.54, 1.807) is 7.11 Å². The van der Waals surface area contributed by atoms with Gasteiger partial charge < -0.3 is 15.8 Å². The zero-order chi connectivity index (χ0) is 17.6. The third-order valence-electron chi connectivity index (χ3n) is 5.23. The molecule has 1 aliphatic rings. The topological polar surface area (TPSA) is 64.3 Å². The third kappa shape index (κ3) is 5.89. The molecule has 0 aliphatic heterocycles. The predicted molar refractivity (Wildman–Crippen MR) is 105 cm³/mol. The lowest BCUT2D eigenvalue weighted by Crippen LogP contribution is -2.50. The summed E-state index contributed by atoms with van der Waals surface area (Å²) in [6.07, 6.45) is 6.80. The summed E-state index contributed by atoms with van der Waals surface area (Å²) in [4.78, 5) is 12.9. The number of hydrogen-bond donors (Lipinski definition) is 2. The molecule has 1 atom stereocenters. The molecule has 25 heavy (non-hydrogen) atoms. The Morgan fingerprint density at radius 2 is 1.92 bits per heavy atom. The Morgan fingerprint density at radius 3 is 2.52 bits per heavy atom. The molecule has 142 valence electrons. The van der Waals surface area contributed by atoms with Gasteiger partial charge in [-0.25, -0.2) is 0 Å². The van der Waals surface area contributed by atoms with Gasteiger partial charge in [0.2, 0.25) is 5.91 Å². The minimum Gasteiger partial charge on any atom is -0.496 e. The molecule has 1 aromatic carbocycles. The number of methoxy groups -OCH3 is 1. The highest BCUT2D eigenvalue weighted by molar-refractivity contribution is 5.85. The van der Waals surface area contributed by atoms with Crippen molar-refractivity contribution in [2.45, 2.75) is 58.4 Å². The van der Waals surface area contributed by atoms with Gasteiger partial charge in [0.05, 0.1) is 7.11 Å². The van der Waals surface area contributed by atoms with E-state index in [1.165, 1.54) is 32.1 Å². The molecule has 0 heterocycles. The van der Waals surface area contributed by atoms with Crippen molar-refractivity contribution >= 4 is 18.3 Å². The number of nitrogens with two attached hydrogens (primary N) is 1. The van der Waals surface area contributed by atoms with Gasteiger partial charge in [0.25, 0.3) is 0 Å². The molecule has 3 N–H and O–H groups in total. The summed E-state index contributed by atoms with van der Waals surface area (Å²) in [7, 11) is 1.67. The monoisotopic (exact) mass is 368 g/mol. The van der Waals surface area contributed by atoms with Crippen LogP contribution in [0.3, 0.4) is 0 Å². The van der Waals surface area contributed by atoms with Crippen molar-refractivity contribution in [3.63, 3.8) is 0 Å². The van der Waals surface area contributed by atoms with E-state index in [9.17, 15) is 4.79 Å². The number of rotatable bonds is 7. The molecule has 0 saturated heterocycles. The average molecular weight is 369 g/mol. The molecule has 1 fully saturated rings. The molecule has 0 bridgehead atoms. The number of halogens is 1. The smallest absolute Gasteiger partial charge is 0.226 e. The van der Waals surface area contributed by atoms with Crippen molar-refractivity contribution in [2.24, 2.45) is 17.1 Å². The Labute approximate surface area is 158 Å². The lowest BCUT2D eigenvalue weighted by molar-refractivity contribution is -0.130. The van der Waals surface area contributed by atoms with Crippen molar-refractivity contribution < 1.29 is 9.53 Å². The molecule has 4 nitrogen and oxygen atoms in total. The van der Waals surface area contributed by atoms with Crippen molar-refractivity contribution in [2.75, 3.05) is 13.7 Å². The van der Waals surface area contributed by atoms with Crippen LogP contribution in [0.2, 0.25) is 0 Å². The fraction of sp³-hybridized carbons (Fsp3) is 0.650. The Kier molecular flexibility index (Phi) is 8.74. The molecule has 1 aliphatic carbocycles. The van der Waals surface area contributed by atoms with Crippen molar-refractivity contribution in [1.29, 1.82) is 0 Å². The lowest BCUT2D eigenvalue weighted by atomic mass is 9.81. The number of benzene rings is 1. The van der Waals surface area contributed by atoms with Crippen LogP contribution in [-0.4, -0.2) is 25.6 Å². The first kappa shape index (κ1) is 21.8. The van der Waals surface area contributed by atoms with E-state index in [4.69, 9.17) is 10.5 Å². The van der Waals surface area contributed by atoms with E-state index in [0.717, 1.165) is 11.3 Å². The molecule has 0 spiro atoms. The van der Waals surface area contributed by atoms with Gasteiger partial charge in [-0.2, -0.15) is 0 Å². The number of amides is 1. The van der Waals surface area contributed by atoms with E-state index in [0.29, 0.717) is 18.9 Å². The van der Waals surface area contributed by atoms with Crippen LogP contribution in [0.5, 0.6) is 5.75 Å². The maximum atomic E-state index is 12.9. The number of hydrogen-bond acceptors (Lipinski definition) is 3. The molecule has 1 amide bonds. The first-order valence-corrected chi connectivity index (χ1v) is 9.11. The second kappa shape index (κ2) is 10.0. The number of ether oxygens (including phenoxy) is 1. The number of carbonyl (C=O) groups excluding carboxylic acids is 1. The number of para-hydroxylation sites is 1. The second-order valence-corrected chi connectivity index (χ2v) is 7.59. The highest BCUT2D eigenvalue weighted by Crippen LogP contribution is 2.30. The fourth-order valence-corrected chi connectivity index (χ4v) is 3.67. The first-order valence-electron chi connectivity index (χ1n) is 9.11. The Balaban J connectivity index is 0.00000312. The minimum atomic E-state index is -0.503. The molecule has 2 rings (SSSR count). The molecule has 5 heteroatoms. The summed E-state index contributed by atoms with van der Waals surface area (Å²) in [5, 5.41) is 3.23. The minimum absolute atomic E-state index is 0. The molecule has 1 unspecified atom stereocenters. The van der Waals surface area contributed by atoms with Crippen LogP contribution in [0.4, 0.5) is 0 Å². The molecule has 1 saturated carbocycles.